The summed E-state index contributed by atoms with van der Waals surface area (Å²) in [6.07, 6.45) is 0. The Labute approximate surface area is 118 Å². The number of likely N-dealkylation sites (N-methyl/N-ethyl adjacent to an activating group) is 1. The first-order chi connectivity index (χ1) is 7.49. The Balaban J connectivity index is 0.00000256. The van der Waals surface area contributed by atoms with Crippen LogP contribution in [-0.4, -0.2) is 43.9 Å². The highest BCUT2D eigenvalue weighted by Gasteiger charge is 2.09. The average Bonchev–Trinajstić information content (AvgIpc) is 2.24. The van der Waals surface area contributed by atoms with Crippen LogP contribution >= 0.6 is 12.0 Å². The van der Waals surface area contributed by atoms with Gasteiger partial charge in [-0.15, -0.1) is 0 Å². The molecular formula is C12H18BrNO2S. The van der Waals surface area contributed by atoms with E-state index in [0.29, 0.717) is 12.2 Å². The van der Waals surface area contributed by atoms with Gasteiger partial charge in [-0.25, -0.2) is 0 Å². The molecule has 3 nitrogen and oxygen atoms in total. The summed E-state index contributed by atoms with van der Waals surface area (Å²) in [6.45, 7) is 1.46. The van der Waals surface area contributed by atoms with E-state index in [9.17, 15) is 4.79 Å². The van der Waals surface area contributed by atoms with Gasteiger partial charge in [0.15, 0.2) is 0 Å². The number of hydrogen-bond acceptors (Lipinski definition) is 3. The summed E-state index contributed by atoms with van der Waals surface area (Å²) < 4.78 is 6.11. The first-order valence-electron chi connectivity index (χ1n) is 5.18. The molecule has 0 radical (unpaired) electrons. The second-order valence-corrected chi connectivity index (χ2v) is 5.35. The van der Waals surface area contributed by atoms with E-state index in [1.165, 1.54) is 0 Å². The van der Waals surface area contributed by atoms with E-state index in [1.54, 1.807) is 12.1 Å². The monoisotopic (exact) mass is 319 g/mol. The molecule has 1 aromatic rings. The molecule has 0 saturated carbocycles. The van der Waals surface area contributed by atoms with E-state index < -0.39 is 0 Å². The number of nitrogens with zero attached hydrogens (tertiary/aromatic N) is 1. The maximum Gasteiger partial charge on any atom is 0.246 e. The number of rotatable bonds is 5. The Morgan fingerprint density at radius 2 is 1.82 bits per heavy atom. The van der Waals surface area contributed by atoms with Crippen LogP contribution in [0.15, 0.2) is 30.3 Å². The van der Waals surface area contributed by atoms with Crippen LogP contribution < -0.4 is 17.0 Å². The Kier molecular flexibility index (Phi) is 7.70. The summed E-state index contributed by atoms with van der Waals surface area (Å²) in [5, 5.41) is -0.0398. The summed E-state index contributed by atoms with van der Waals surface area (Å²) in [6, 6.07) is 9.16. The van der Waals surface area contributed by atoms with Crippen LogP contribution in [0.4, 0.5) is 0 Å². The van der Waals surface area contributed by atoms with Gasteiger partial charge in [0.05, 0.1) is 33.2 Å². The molecule has 0 atom stereocenters. The SMILES string of the molecule is C[N+](C)(C)CCOSC(=O)c1ccccc1.[Br-]. The lowest BCUT2D eigenvalue weighted by Crippen LogP contribution is -3.00. The van der Waals surface area contributed by atoms with Gasteiger partial charge in [-0.1, -0.05) is 30.3 Å². The van der Waals surface area contributed by atoms with Crippen LogP contribution in [0.2, 0.25) is 0 Å². The minimum absolute atomic E-state index is 0. The van der Waals surface area contributed by atoms with Gasteiger partial charge < -0.3 is 25.6 Å². The van der Waals surface area contributed by atoms with E-state index in [4.69, 9.17) is 4.18 Å². The van der Waals surface area contributed by atoms with Crippen molar-refractivity contribution in [3.63, 3.8) is 0 Å². The van der Waals surface area contributed by atoms with Gasteiger partial charge >= 0.3 is 0 Å². The fourth-order valence-electron chi connectivity index (χ4n) is 1.03. The zero-order valence-corrected chi connectivity index (χ0v) is 12.8. The molecule has 0 aromatic heterocycles. The van der Waals surface area contributed by atoms with Gasteiger partial charge in [0.1, 0.15) is 13.2 Å². The normalized spacial score (nSPS) is 10.8. The summed E-state index contributed by atoms with van der Waals surface area (Å²) >= 11 is 0.921. The van der Waals surface area contributed by atoms with Crippen LogP contribution in [-0.2, 0) is 4.18 Å². The molecular weight excluding hydrogens is 302 g/mol. The van der Waals surface area contributed by atoms with E-state index in [-0.39, 0.29) is 22.1 Å². The molecule has 0 unspecified atom stereocenters. The minimum atomic E-state index is -0.0398. The van der Waals surface area contributed by atoms with E-state index >= 15 is 0 Å². The molecule has 0 bridgehead atoms. The zero-order chi connectivity index (χ0) is 12.0. The van der Waals surface area contributed by atoms with Gasteiger partial charge in [-0.3, -0.25) is 4.79 Å². The van der Waals surface area contributed by atoms with Gasteiger partial charge in [-0.05, 0) is 0 Å². The smallest absolute Gasteiger partial charge is 0.246 e. The summed E-state index contributed by atoms with van der Waals surface area (Å²) in [5.74, 6) is 0. The third-order valence-electron chi connectivity index (χ3n) is 1.99. The Morgan fingerprint density at radius 1 is 1.24 bits per heavy atom. The molecule has 0 saturated heterocycles. The van der Waals surface area contributed by atoms with Crippen LogP contribution in [0.25, 0.3) is 0 Å². The molecule has 0 aliphatic heterocycles. The molecule has 1 aromatic carbocycles. The maximum absolute atomic E-state index is 11.6. The van der Waals surface area contributed by atoms with Crippen molar-refractivity contribution in [1.82, 2.24) is 0 Å². The largest absolute Gasteiger partial charge is 1.00 e. The highest BCUT2D eigenvalue weighted by atomic mass is 79.9. The van der Waals surface area contributed by atoms with E-state index in [2.05, 4.69) is 21.1 Å². The van der Waals surface area contributed by atoms with Crippen molar-refractivity contribution in [2.75, 3.05) is 34.3 Å². The van der Waals surface area contributed by atoms with Crippen molar-refractivity contribution < 1.29 is 30.4 Å². The molecule has 1 rings (SSSR count). The molecule has 0 aliphatic carbocycles. The maximum atomic E-state index is 11.6. The van der Waals surface area contributed by atoms with Crippen LogP contribution in [0.5, 0.6) is 0 Å². The molecule has 17 heavy (non-hydrogen) atoms. The molecule has 0 spiro atoms. The molecule has 5 heteroatoms. The Hall–Kier alpha value is -0.360. The van der Waals surface area contributed by atoms with Crippen LogP contribution in [0, 0.1) is 0 Å². The number of quaternary nitrogens is 1. The quantitative estimate of drug-likeness (QED) is 0.404. The number of halogens is 1. The summed E-state index contributed by atoms with van der Waals surface area (Å²) in [7, 11) is 6.27. The summed E-state index contributed by atoms with van der Waals surface area (Å²) in [4.78, 5) is 11.6. The predicted octanol–water partition coefficient (Wildman–Crippen LogP) is -0.798. The Morgan fingerprint density at radius 3 is 2.35 bits per heavy atom. The molecule has 0 fully saturated rings. The second kappa shape index (κ2) is 7.87. The molecule has 96 valence electrons. The van der Waals surface area contributed by atoms with Crippen LogP contribution in [0.1, 0.15) is 10.4 Å². The summed E-state index contributed by atoms with van der Waals surface area (Å²) in [5.41, 5.74) is 0.678. The Bertz CT molecular complexity index is 338. The van der Waals surface area contributed by atoms with Crippen molar-refractivity contribution in [2.24, 2.45) is 0 Å². The number of hydrogen-bond donors (Lipinski definition) is 0. The van der Waals surface area contributed by atoms with Crippen molar-refractivity contribution in [1.29, 1.82) is 0 Å². The van der Waals surface area contributed by atoms with Gasteiger partial charge in [0, 0.05) is 5.56 Å². The number of benzene rings is 1. The number of carbonyl (C=O) groups is 1. The van der Waals surface area contributed by atoms with Gasteiger partial charge in [0.25, 0.3) is 0 Å². The van der Waals surface area contributed by atoms with Gasteiger partial charge in [0.2, 0.25) is 5.12 Å². The second-order valence-electron chi connectivity index (χ2n) is 4.57. The standard InChI is InChI=1S/C12H18NO2S.BrH/c1-13(2,3)9-10-15-16-12(14)11-7-5-4-6-8-11;/h4-8H,9-10H2,1-3H3;1H/q+1;/p-1. The predicted molar refractivity (Wildman–Crippen MR) is 67.2 cm³/mol. The van der Waals surface area contributed by atoms with Gasteiger partial charge in [-0.2, -0.15) is 0 Å². The molecule has 0 aliphatic rings. The number of carbonyl (C=O) groups excluding carboxylic acids is 1. The van der Waals surface area contributed by atoms with E-state index in [0.717, 1.165) is 23.1 Å². The van der Waals surface area contributed by atoms with Crippen LogP contribution in [0.3, 0.4) is 0 Å². The van der Waals surface area contributed by atoms with Crippen molar-refractivity contribution in [3.05, 3.63) is 35.9 Å². The first-order valence-corrected chi connectivity index (χ1v) is 5.92. The first kappa shape index (κ1) is 16.6. The zero-order valence-electron chi connectivity index (χ0n) is 10.4. The van der Waals surface area contributed by atoms with Crippen molar-refractivity contribution >= 4 is 17.2 Å². The van der Waals surface area contributed by atoms with Crippen molar-refractivity contribution in [2.45, 2.75) is 0 Å². The molecule has 0 heterocycles. The average molecular weight is 320 g/mol. The minimum Gasteiger partial charge on any atom is -1.00 e. The fourth-order valence-corrected chi connectivity index (χ4v) is 1.53. The molecule has 0 amide bonds. The third kappa shape index (κ3) is 7.54. The highest BCUT2D eigenvalue weighted by molar-refractivity contribution is 8.10. The lowest BCUT2D eigenvalue weighted by atomic mass is 10.2. The lowest BCUT2D eigenvalue weighted by Gasteiger charge is -2.22. The van der Waals surface area contributed by atoms with Crippen molar-refractivity contribution in [3.8, 4) is 0 Å². The topological polar surface area (TPSA) is 26.3 Å². The fraction of sp³-hybridized carbons (Fsp3) is 0.417. The highest BCUT2D eigenvalue weighted by Crippen LogP contribution is 2.13. The third-order valence-corrected chi connectivity index (χ3v) is 2.66. The van der Waals surface area contributed by atoms with E-state index in [1.807, 2.05) is 18.2 Å². The lowest BCUT2D eigenvalue weighted by molar-refractivity contribution is -0.870. The molecule has 0 N–H and O–H groups in total.